The first-order chi connectivity index (χ1) is 7.16. The van der Waals surface area contributed by atoms with Crippen LogP contribution in [0.15, 0.2) is 0 Å². The van der Waals surface area contributed by atoms with Crippen molar-refractivity contribution in [1.82, 2.24) is 10.3 Å². The normalized spacial score (nSPS) is 16.1. The number of anilines is 1. The van der Waals surface area contributed by atoms with Gasteiger partial charge < -0.3 is 11.1 Å². The van der Waals surface area contributed by atoms with Crippen LogP contribution in [0.5, 0.6) is 0 Å². The minimum Gasteiger partial charge on any atom is -0.375 e. The molecular weight excluding hydrogens is 210 g/mol. The Morgan fingerprint density at radius 2 is 2.40 bits per heavy atom. The molecule has 1 aromatic rings. The number of rotatable bonds is 3. The van der Waals surface area contributed by atoms with Crippen LogP contribution >= 0.6 is 11.3 Å². The van der Waals surface area contributed by atoms with Gasteiger partial charge in [-0.2, -0.15) is 0 Å². The zero-order valence-corrected chi connectivity index (χ0v) is 9.56. The fourth-order valence-electron chi connectivity index (χ4n) is 1.64. The summed E-state index contributed by atoms with van der Waals surface area (Å²) in [5.41, 5.74) is 6.26. The van der Waals surface area contributed by atoms with Crippen LogP contribution in [0.3, 0.4) is 0 Å². The molecule has 1 aliphatic rings. The average Bonchev–Trinajstić information content (AvgIpc) is 2.42. The standard InChI is InChI=1S/C10H15N3OS/c1-6-8(15-10(11)13-6)9(14)12-5-7-3-2-4-7/h7H,2-5H2,1H3,(H2,11,13)(H,12,14). The smallest absolute Gasteiger partial charge is 0.263 e. The highest BCUT2D eigenvalue weighted by atomic mass is 32.1. The summed E-state index contributed by atoms with van der Waals surface area (Å²) in [6.07, 6.45) is 3.78. The van der Waals surface area contributed by atoms with Gasteiger partial charge in [-0.3, -0.25) is 4.79 Å². The maximum Gasteiger partial charge on any atom is 0.263 e. The molecule has 1 amide bonds. The van der Waals surface area contributed by atoms with Crippen molar-refractivity contribution in [2.75, 3.05) is 12.3 Å². The first-order valence-electron chi connectivity index (χ1n) is 5.18. The second-order valence-corrected chi connectivity index (χ2v) is 5.00. The van der Waals surface area contributed by atoms with Crippen molar-refractivity contribution < 1.29 is 4.79 Å². The van der Waals surface area contributed by atoms with Gasteiger partial charge in [-0.05, 0) is 25.7 Å². The molecule has 0 saturated heterocycles. The monoisotopic (exact) mass is 225 g/mol. The highest BCUT2D eigenvalue weighted by Gasteiger charge is 2.19. The number of thiazole rings is 1. The van der Waals surface area contributed by atoms with Crippen LogP contribution in [0, 0.1) is 12.8 Å². The third-order valence-electron chi connectivity index (χ3n) is 2.80. The number of amides is 1. The van der Waals surface area contributed by atoms with Crippen molar-refractivity contribution in [3.8, 4) is 0 Å². The Morgan fingerprint density at radius 1 is 1.67 bits per heavy atom. The fourth-order valence-corrected chi connectivity index (χ4v) is 2.39. The third kappa shape index (κ3) is 2.28. The molecule has 1 aromatic heterocycles. The van der Waals surface area contributed by atoms with Crippen LogP contribution in [0.1, 0.15) is 34.6 Å². The molecule has 1 heterocycles. The zero-order valence-electron chi connectivity index (χ0n) is 8.75. The predicted octanol–water partition coefficient (Wildman–Crippen LogP) is 1.56. The van der Waals surface area contributed by atoms with Crippen molar-refractivity contribution >= 4 is 22.4 Å². The Balaban J connectivity index is 1.92. The van der Waals surface area contributed by atoms with Crippen molar-refractivity contribution in [3.63, 3.8) is 0 Å². The van der Waals surface area contributed by atoms with Gasteiger partial charge in [0.15, 0.2) is 5.13 Å². The minimum atomic E-state index is -0.0337. The van der Waals surface area contributed by atoms with Gasteiger partial charge in [0.1, 0.15) is 4.88 Å². The van der Waals surface area contributed by atoms with Crippen LogP contribution in [0.25, 0.3) is 0 Å². The molecule has 15 heavy (non-hydrogen) atoms. The summed E-state index contributed by atoms with van der Waals surface area (Å²) in [6, 6.07) is 0. The molecule has 0 aromatic carbocycles. The quantitative estimate of drug-likeness (QED) is 0.820. The third-order valence-corrected chi connectivity index (χ3v) is 3.78. The Morgan fingerprint density at radius 3 is 2.87 bits per heavy atom. The van der Waals surface area contributed by atoms with Crippen LogP contribution in [-0.2, 0) is 0 Å². The number of nitrogen functional groups attached to an aromatic ring is 1. The van der Waals surface area contributed by atoms with Gasteiger partial charge in [0.05, 0.1) is 5.69 Å². The Labute approximate surface area is 92.9 Å². The number of nitrogens with two attached hydrogens (primary N) is 1. The summed E-state index contributed by atoms with van der Waals surface area (Å²) in [4.78, 5) is 16.4. The lowest BCUT2D eigenvalue weighted by Gasteiger charge is -2.25. The summed E-state index contributed by atoms with van der Waals surface area (Å²) in [5, 5.41) is 3.39. The number of carbonyl (C=O) groups is 1. The van der Waals surface area contributed by atoms with Crippen LogP contribution in [0.2, 0.25) is 0 Å². The number of aryl methyl sites for hydroxylation is 1. The van der Waals surface area contributed by atoms with E-state index in [0.29, 0.717) is 15.9 Å². The topological polar surface area (TPSA) is 68.0 Å². The molecule has 0 spiro atoms. The van der Waals surface area contributed by atoms with Crippen molar-refractivity contribution in [2.24, 2.45) is 5.92 Å². The molecule has 1 aliphatic carbocycles. The van der Waals surface area contributed by atoms with E-state index >= 15 is 0 Å². The van der Waals surface area contributed by atoms with Crippen LogP contribution in [-0.4, -0.2) is 17.4 Å². The lowest BCUT2D eigenvalue weighted by atomic mass is 9.85. The lowest BCUT2D eigenvalue weighted by Crippen LogP contribution is -2.32. The van der Waals surface area contributed by atoms with E-state index in [0.717, 1.165) is 12.2 Å². The van der Waals surface area contributed by atoms with Gasteiger partial charge in [-0.1, -0.05) is 17.8 Å². The number of aromatic nitrogens is 1. The number of hydrogen-bond acceptors (Lipinski definition) is 4. The molecule has 0 bridgehead atoms. The predicted molar refractivity (Wildman–Crippen MR) is 60.9 cm³/mol. The molecule has 0 unspecified atom stereocenters. The van der Waals surface area contributed by atoms with Crippen molar-refractivity contribution in [3.05, 3.63) is 10.6 Å². The number of nitrogens with one attached hydrogen (secondary N) is 1. The first-order valence-corrected chi connectivity index (χ1v) is 5.99. The maximum absolute atomic E-state index is 11.7. The molecule has 1 fully saturated rings. The summed E-state index contributed by atoms with van der Waals surface area (Å²) in [6.45, 7) is 2.60. The summed E-state index contributed by atoms with van der Waals surface area (Å²) in [7, 11) is 0. The van der Waals surface area contributed by atoms with E-state index < -0.39 is 0 Å². The molecule has 0 radical (unpaired) electrons. The Kier molecular flexibility index (Phi) is 2.90. The molecule has 4 nitrogen and oxygen atoms in total. The van der Waals surface area contributed by atoms with Gasteiger partial charge in [-0.25, -0.2) is 4.98 Å². The van der Waals surface area contributed by atoms with Gasteiger partial charge in [0.2, 0.25) is 0 Å². The lowest BCUT2D eigenvalue weighted by molar-refractivity contribution is 0.0942. The van der Waals surface area contributed by atoms with Crippen LogP contribution < -0.4 is 11.1 Å². The second-order valence-electron chi connectivity index (χ2n) is 3.97. The Bertz CT molecular complexity index is 371. The molecule has 0 aliphatic heterocycles. The van der Waals surface area contributed by atoms with Crippen molar-refractivity contribution in [1.29, 1.82) is 0 Å². The highest BCUT2D eigenvalue weighted by Crippen LogP contribution is 2.25. The zero-order chi connectivity index (χ0) is 10.8. The van der Waals surface area contributed by atoms with E-state index in [-0.39, 0.29) is 5.91 Å². The Hall–Kier alpha value is -1.10. The average molecular weight is 225 g/mol. The van der Waals surface area contributed by atoms with Gasteiger partial charge in [0, 0.05) is 6.54 Å². The highest BCUT2D eigenvalue weighted by molar-refractivity contribution is 7.17. The molecule has 5 heteroatoms. The molecule has 82 valence electrons. The van der Waals surface area contributed by atoms with E-state index in [1.807, 2.05) is 6.92 Å². The summed E-state index contributed by atoms with van der Waals surface area (Å²) >= 11 is 1.25. The minimum absolute atomic E-state index is 0.0337. The summed E-state index contributed by atoms with van der Waals surface area (Å²) in [5.74, 6) is 0.646. The first kappa shape index (κ1) is 10.4. The second kappa shape index (κ2) is 4.18. The van der Waals surface area contributed by atoms with E-state index in [4.69, 9.17) is 5.73 Å². The molecule has 2 rings (SSSR count). The number of hydrogen-bond donors (Lipinski definition) is 2. The molecule has 3 N–H and O–H groups in total. The van der Waals surface area contributed by atoms with Gasteiger partial charge in [-0.15, -0.1) is 0 Å². The van der Waals surface area contributed by atoms with Gasteiger partial charge in [0.25, 0.3) is 5.91 Å². The maximum atomic E-state index is 11.7. The molecular formula is C10H15N3OS. The van der Waals surface area contributed by atoms with E-state index in [9.17, 15) is 4.79 Å². The SMILES string of the molecule is Cc1nc(N)sc1C(=O)NCC1CCC1. The fraction of sp³-hybridized carbons (Fsp3) is 0.600. The van der Waals surface area contributed by atoms with E-state index in [1.54, 1.807) is 0 Å². The molecule has 0 atom stereocenters. The number of carbonyl (C=O) groups excluding carboxylic acids is 1. The number of nitrogens with zero attached hydrogens (tertiary/aromatic N) is 1. The van der Waals surface area contributed by atoms with Gasteiger partial charge >= 0.3 is 0 Å². The summed E-state index contributed by atoms with van der Waals surface area (Å²) < 4.78 is 0. The van der Waals surface area contributed by atoms with Crippen LogP contribution in [0.4, 0.5) is 5.13 Å². The van der Waals surface area contributed by atoms with E-state index in [1.165, 1.54) is 30.6 Å². The largest absolute Gasteiger partial charge is 0.375 e. The van der Waals surface area contributed by atoms with E-state index in [2.05, 4.69) is 10.3 Å². The molecule has 1 saturated carbocycles. The van der Waals surface area contributed by atoms with Crippen molar-refractivity contribution in [2.45, 2.75) is 26.2 Å².